The fourth-order valence-electron chi connectivity index (χ4n) is 8.48. The Kier molecular flexibility index (Phi) is 7.49. The molecule has 0 aliphatic carbocycles. The summed E-state index contributed by atoms with van der Waals surface area (Å²) in [5, 5.41) is 9.00. The molecule has 1 aromatic heterocycles. The molecule has 0 amide bonds. The van der Waals surface area contributed by atoms with Gasteiger partial charge in [0.1, 0.15) is 5.52 Å². The van der Waals surface area contributed by atoms with Gasteiger partial charge in [0, 0.05) is 33.4 Å². The third-order valence-corrected chi connectivity index (χ3v) is 11.1. The maximum atomic E-state index is 6.82. The van der Waals surface area contributed by atoms with Crippen molar-refractivity contribution in [2.75, 3.05) is 4.90 Å². The molecule has 1 heterocycles. The number of para-hydroxylation sites is 1. The molecule has 0 atom stereocenters. The van der Waals surface area contributed by atoms with Crippen LogP contribution in [0.3, 0.4) is 0 Å². The number of aromatic nitrogens is 1. The summed E-state index contributed by atoms with van der Waals surface area (Å²) in [5.74, 6) is 0.626. The lowest BCUT2D eigenvalue weighted by Crippen LogP contribution is -2.10. The van der Waals surface area contributed by atoms with E-state index in [-0.39, 0.29) is 0 Å². The first-order valence-corrected chi connectivity index (χ1v) is 19.0. The molecule has 10 aromatic carbocycles. The van der Waals surface area contributed by atoms with Crippen molar-refractivity contribution in [3.63, 3.8) is 0 Å². The molecule has 262 valence electrons. The molecule has 3 nitrogen and oxygen atoms in total. The highest BCUT2D eigenvalue weighted by Crippen LogP contribution is 2.44. The van der Waals surface area contributed by atoms with Gasteiger partial charge in [-0.2, -0.15) is 0 Å². The molecule has 0 unspecified atom stereocenters. The molecule has 3 heteroatoms. The van der Waals surface area contributed by atoms with Crippen LogP contribution in [0.1, 0.15) is 0 Å². The lowest BCUT2D eigenvalue weighted by Gasteiger charge is -2.26. The van der Waals surface area contributed by atoms with E-state index in [4.69, 9.17) is 9.40 Å². The van der Waals surface area contributed by atoms with Gasteiger partial charge in [-0.25, -0.2) is 4.98 Å². The van der Waals surface area contributed by atoms with Gasteiger partial charge >= 0.3 is 0 Å². The van der Waals surface area contributed by atoms with Gasteiger partial charge in [0.2, 0.25) is 5.89 Å². The number of hydrogen-bond donors (Lipinski definition) is 0. The third-order valence-electron chi connectivity index (χ3n) is 11.1. The molecule has 0 radical (unpaired) electrons. The van der Waals surface area contributed by atoms with Crippen molar-refractivity contribution >= 4 is 71.3 Å². The summed E-state index contributed by atoms with van der Waals surface area (Å²) >= 11 is 0. The summed E-state index contributed by atoms with van der Waals surface area (Å²) in [4.78, 5) is 7.71. The molecule has 0 spiro atoms. The summed E-state index contributed by atoms with van der Waals surface area (Å²) in [5.41, 5.74) is 10.6. The number of oxazole rings is 1. The minimum absolute atomic E-state index is 0.626. The molecule has 0 N–H and O–H groups in total. The Balaban J connectivity index is 1.15. The Hall–Kier alpha value is -7.49. The molecule has 0 saturated heterocycles. The van der Waals surface area contributed by atoms with Crippen LogP contribution in [0.2, 0.25) is 0 Å². The summed E-state index contributed by atoms with van der Waals surface area (Å²) in [6, 6.07) is 73.4. The lowest BCUT2D eigenvalue weighted by molar-refractivity contribution is 0.624. The number of hydrogen-bond acceptors (Lipinski definition) is 3. The van der Waals surface area contributed by atoms with Crippen LogP contribution in [0.25, 0.3) is 87.9 Å². The predicted octanol–water partition coefficient (Wildman–Crippen LogP) is 14.9. The fourth-order valence-corrected chi connectivity index (χ4v) is 8.48. The van der Waals surface area contributed by atoms with E-state index < -0.39 is 0 Å². The fraction of sp³-hybridized carbons (Fsp3) is 0. The Morgan fingerprint density at radius 2 is 0.929 bits per heavy atom. The van der Waals surface area contributed by atoms with Crippen molar-refractivity contribution in [3.8, 4) is 33.7 Å². The largest absolute Gasteiger partial charge is 0.435 e. The van der Waals surface area contributed by atoms with Gasteiger partial charge in [-0.05, 0) is 97.0 Å². The minimum atomic E-state index is 0.626. The highest BCUT2D eigenvalue weighted by molar-refractivity contribution is 6.30. The van der Waals surface area contributed by atoms with Crippen LogP contribution in [-0.4, -0.2) is 4.98 Å². The van der Waals surface area contributed by atoms with Gasteiger partial charge in [-0.15, -0.1) is 0 Å². The van der Waals surface area contributed by atoms with Gasteiger partial charge in [0.25, 0.3) is 0 Å². The van der Waals surface area contributed by atoms with E-state index in [2.05, 4.69) is 211 Å². The monoisotopic (exact) mass is 714 g/mol. The Morgan fingerprint density at radius 1 is 0.357 bits per heavy atom. The normalized spacial score (nSPS) is 11.6. The Morgan fingerprint density at radius 3 is 1.77 bits per heavy atom. The first-order chi connectivity index (χ1) is 27.8. The van der Waals surface area contributed by atoms with Crippen LogP contribution < -0.4 is 4.90 Å². The highest BCUT2D eigenvalue weighted by atomic mass is 16.3. The Labute approximate surface area is 324 Å². The van der Waals surface area contributed by atoms with Crippen molar-refractivity contribution in [2.24, 2.45) is 0 Å². The maximum Gasteiger partial charge on any atom is 0.227 e. The minimum Gasteiger partial charge on any atom is -0.435 e. The Bertz CT molecular complexity index is 3250. The molecular weight excluding hydrogens is 681 g/mol. The van der Waals surface area contributed by atoms with E-state index in [1.54, 1.807) is 0 Å². The van der Waals surface area contributed by atoms with Crippen LogP contribution in [0.4, 0.5) is 17.1 Å². The second-order valence-electron chi connectivity index (χ2n) is 14.3. The van der Waals surface area contributed by atoms with Crippen molar-refractivity contribution in [3.05, 3.63) is 206 Å². The van der Waals surface area contributed by atoms with Gasteiger partial charge in [-0.3, -0.25) is 0 Å². The summed E-state index contributed by atoms with van der Waals surface area (Å²) in [7, 11) is 0. The highest BCUT2D eigenvalue weighted by Gasteiger charge is 2.21. The average molecular weight is 715 g/mol. The topological polar surface area (TPSA) is 29.3 Å². The quantitative estimate of drug-likeness (QED) is 0.161. The van der Waals surface area contributed by atoms with Gasteiger partial charge in [0.05, 0.1) is 0 Å². The molecule has 0 saturated carbocycles. The van der Waals surface area contributed by atoms with E-state index in [0.29, 0.717) is 5.89 Å². The smallest absolute Gasteiger partial charge is 0.227 e. The molecule has 0 aliphatic rings. The van der Waals surface area contributed by atoms with Crippen LogP contribution in [0.5, 0.6) is 0 Å². The number of anilines is 3. The maximum absolute atomic E-state index is 6.82. The van der Waals surface area contributed by atoms with E-state index in [1.807, 2.05) is 0 Å². The number of rotatable bonds is 6. The summed E-state index contributed by atoms with van der Waals surface area (Å²) in [6.45, 7) is 0. The molecule has 56 heavy (non-hydrogen) atoms. The average Bonchev–Trinajstić information content (AvgIpc) is 3.72. The van der Waals surface area contributed by atoms with Crippen molar-refractivity contribution in [1.29, 1.82) is 0 Å². The second kappa shape index (κ2) is 13.1. The van der Waals surface area contributed by atoms with Crippen molar-refractivity contribution in [2.45, 2.75) is 0 Å². The van der Waals surface area contributed by atoms with Gasteiger partial charge < -0.3 is 9.32 Å². The first kappa shape index (κ1) is 32.0. The number of nitrogens with zero attached hydrogens (tertiary/aromatic N) is 2. The van der Waals surface area contributed by atoms with E-state index in [0.717, 1.165) is 82.4 Å². The van der Waals surface area contributed by atoms with E-state index in [9.17, 15) is 0 Å². The standard InChI is InChI=1S/C53H34N2O/c1-3-15-35(16-4-1)42-23-9-10-25-44(42)38-19-13-22-40(33-38)55(39-20-5-2-6-21-39)41-31-29-37-30-32-46-45-26-11-12-27-47(45)52-51(50(46)49(37)34-41)54-53(56-52)48-28-14-18-36-17-7-8-24-43(36)48/h1-34H. The number of fused-ring (bicyclic) bond motifs is 9. The zero-order valence-electron chi connectivity index (χ0n) is 30.4. The molecular formula is C53H34N2O. The van der Waals surface area contributed by atoms with Gasteiger partial charge in [0.15, 0.2) is 5.58 Å². The zero-order chi connectivity index (χ0) is 37.0. The van der Waals surface area contributed by atoms with Crippen LogP contribution >= 0.6 is 0 Å². The predicted molar refractivity (Wildman–Crippen MR) is 235 cm³/mol. The zero-order valence-corrected chi connectivity index (χ0v) is 30.4. The van der Waals surface area contributed by atoms with E-state index in [1.165, 1.54) is 16.7 Å². The van der Waals surface area contributed by atoms with Crippen molar-refractivity contribution in [1.82, 2.24) is 4.98 Å². The molecule has 0 bridgehead atoms. The molecule has 11 rings (SSSR count). The van der Waals surface area contributed by atoms with E-state index >= 15 is 0 Å². The van der Waals surface area contributed by atoms with Crippen LogP contribution in [-0.2, 0) is 0 Å². The first-order valence-electron chi connectivity index (χ1n) is 19.0. The van der Waals surface area contributed by atoms with Crippen LogP contribution in [0.15, 0.2) is 211 Å². The lowest BCUT2D eigenvalue weighted by atomic mass is 9.94. The molecule has 0 aliphatic heterocycles. The van der Waals surface area contributed by atoms with Crippen molar-refractivity contribution < 1.29 is 4.42 Å². The van der Waals surface area contributed by atoms with Gasteiger partial charge in [-0.1, -0.05) is 164 Å². The molecule has 11 aromatic rings. The van der Waals surface area contributed by atoms with Crippen LogP contribution in [0, 0.1) is 0 Å². The number of benzene rings is 10. The second-order valence-corrected chi connectivity index (χ2v) is 14.3. The third kappa shape index (κ3) is 5.25. The summed E-state index contributed by atoms with van der Waals surface area (Å²) < 4.78 is 6.82. The summed E-state index contributed by atoms with van der Waals surface area (Å²) in [6.07, 6.45) is 0. The molecule has 0 fully saturated rings. The SMILES string of the molecule is c1ccc(-c2ccccc2-c2cccc(N(c3ccccc3)c3ccc4ccc5c6ccccc6c6oc(-c7cccc8ccccc78)nc6c5c4c3)c2)cc1.